The van der Waals surface area contributed by atoms with Crippen LogP contribution in [0.1, 0.15) is 23.5 Å². The van der Waals surface area contributed by atoms with Crippen molar-refractivity contribution in [2.24, 2.45) is 5.73 Å². The minimum Gasteiger partial charge on any atom is -0.508 e. The van der Waals surface area contributed by atoms with Crippen LogP contribution in [-0.4, -0.2) is 10.6 Å². The average molecular weight is 239 g/mol. The molecular weight excluding hydrogens is 222 g/mol. The van der Waals surface area contributed by atoms with Crippen LogP contribution < -0.4 is 5.73 Å². The first-order valence-electron chi connectivity index (χ1n) is 6.29. The van der Waals surface area contributed by atoms with Crippen molar-refractivity contribution in [3.63, 3.8) is 0 Å². The predicted octanol–water partition coefficient (Wildman–Crippen LogP) is 2.82. The predicted molar refractivity (Wildman–Crippen MR) is 72.5 cm³/mol. The van der Waals surface area contributed by atoms with Gasteiger partial charge < -0.3 is 10.8 Å². The van der Waals surface area contributed by atoms with Crippen LogP contribution in [-0.2, 0) is 6.42 Å². The van der Waals surface area contributed by atoms with Gasteiger partial charge in [0.1, 0.15) is 5.75 Å². The summed E-state index contributed by atoms with van der Waals surface area (Å²) in [5, 5.41) is 9.47. The standard InChI is InChI=1S/C16H17NO/c17-16(10-12-5-4-8-14(18)9-12)11-15(16)13-6-2-1-3-7-13/h1-9,15,18H,10-11,17H2. The molecule has 1 aliphatic carbocycles. The summed E-state index contributed by atoms with van der Waals surface area (Å²) in [6.45, 7) is 0. The maximum absolute atomic E-state index is 9.47. The first kappa shape index (κ1) is 11.3. The Morgan fingerprint density at radius 1 is 1.11 bits per heavy atom. The van der Waals surface area contributed by atoms with Crippen molar-refractivity contribution in [2.75, 3.05) is 0 Å². The molecule has 1 fully saturated rings. The van der Waals surface area contributed by atoms with Crippen molar-refractivity contribution in [1.82, 2.24) is 0 Å². The Morgan fingerprint density at radius 3 is 2.61 bits per heavy atom. The van der Waals surface area contributed by atoms with E-state index in [1.165, 1.54) is 5.56 Å². The number of phenolic OH excluding ortho intramolecular Hbond substituents is 1. The van der Waals surface area contributed by atoms with Crippen molar-refractivity contribution in [2.45, 2.75) is 24.3 Å². The van der Waals surface area contributed by atoms with Gasteiger partial charge in [0.15, 0.2) is 0 Å². The van der Waals surface area contributed by atoms with Crippen molar-refractivity contribution in [3.05, 3.63) is 65.7 Å². The van der Waals surface area contributed by atoms with E-state index < -0.39 is 0 Å². The SMILES string of the molecule is NC1(Cc2cccc(O)c2)CC1c1ccccc1. The molecule has 2 aromatic rings. The zero-order valence-electron chi connectivity index (χ0n) is 10.2. The first-order chi connectivity index (χ1) is 8.67. The minimum absolute atomic E-state index is 0.144. The lowest BCUT2D eigenvalue weighted by Gasteiger charge is -2.12. The molecule has 0 amide bonds. The summed E-state index contributed by atoms with van der Waals surface area (Å²) in [7, 11) is 0. The van der Waals surface area contributed by atoms with Crippen molar-refractivity contribution in [1.29, 1.82) is 0 Å². The molecule has 2 unspecified atom stereocenters. The number of rotatable bonds is 3. The van der Waals surface area contributed by atoms with E-state index in [0.29, 0.717) is 11.7 Å². The topological polar surface area (TPSA) is 46.2 Å². The van der Waals surface area contributed by atoms with Gasteiger partial charge in [-0.3, -0.25) is 0 Å². The fraction of sp³-hybridized carbons (Fsp3) is 0.250. The Hall–Kier alpha value is -1.80. The molecule has 0 saturated heterocycles. The van der Waals surface area contributed by atoms with Gasteiger partial charge in [0.25, 0.3) is 0 Å². The smallest absolute Gasteiger partial charge is 0.115 e. The molecule has 2 aromatic carbocycles. The fourth-order valence-electron chi connectivity index (χ4n) is 2.70. The van der Waals surface area contributed by atoms with Crippen LogP contribution in [0.3, 0.4) is 0 Å². The highest BCUT2D eigenvalue weighted by Crippen LogP contribution is 2.51. The maximum Gasteiger partial charge on any atom is 0.115 e. The molecule has 2 nitrogen and oxygen atoms in total. The van der Waals surface area contributed by atoms with Gasteiger partial charge in [-0.25, -0.2) is 0 Å². The molecule has 0 radical (unpaired) electrons. The highest BCUT2D eigenvalue weighted by Gasteiger charge is 2.51. The van der Waals surface area contributed by atoms with E-state index in [1.807, 2.05) is 18.2 Å². The van der Waals surface area contributed by atoms with E-state index >= 15 is 0 Å². The minimum atomic E-state index is -0.144. The van der Waals surface area contributed by atoms with Crippen LogP contribution in [0.15, 0.2) is 54.6 Å². The van der Waals surface area contributed by atoms with E-state index in [4.69, 9.17) is 5.73 Å². The summed E-state index contributed by atoms with van der Waals surface area (Å²) in [6, 6.07) is 17.8. The molecule has 2 atom stereocenters. The van der Waals surface area contributed by atoms with Gasteiger partial charge in [0, 0.05) is 11.5 Å². The monoisotopic (exact) mass is 239 g/mol. The van der Waals surface area contributed by atoms with Crippen LogP contribution in [0.5, 0.6) is 5.75 Å². The second-order valence-corrected chi connectivity index (χ2v) is 5.25. The molecule has 1 aliphatic rings. The molecule has 0 aliphatic heterocycles. The lowest BCUT2D eigenvalue weighted by Crippen LogP contribution is -2.27. The summed E-state index contributed by atoms with van der Waals surface area (Å²) in [6.07, 6.45) is 1.84. The van der Waals surface area contributed by atoms with Crippen LogP contribution in [0.25, 0.3) is 0 Å². The lowest BCUT2D eigenvalue weighted by atomic mass is 9.99. The maximum atomic E-state index is 9.47. The molecule has 92 valence electrons. The second-order valence-electron chi connectivity index (χ2n) is 5.25. The number of nitrogens with two attached hydrogens (primary N) is 1. The van der Waals surface area contributed by atoms with E-state index in [-0.39, 0.29) is 5.54 Å². The Morgan fingerprint density at radius 2 is 1.89 bits per heavy atom. The molecule has 3 rings (SSSR count). The van der Waals surface area contributed by atoms with Crippen molar-refractivity contribution >= 4 is 0 Å². The van der Waals surface area contributed by atoms with Gasteiger partial charge in [-0.1, -0.05) is 42.5 Å². The number of hydrogen-bond donors (Lipinski definition) is 2. The lowest BCUT2D eigenvalue weighted by molar-refractivity contribution is 0.474. The molecule has 0 heterocycles. The molecule has 0 aromatic heterocycles. The molecule has 2 heteroatoms. The first-order valence-corrected chi connectivity index (χ1v) is 6.29. The fourth-order valence-corrected chi connectivity index (χ4v) is 2.70. The number of hydrogen-bond acceptors (Lipinski definition) is 2. The van der Waals surface area contributed by atoms with Gasteiger partial charge in [-0.2, -0.15) is 0 Å². The Bertz CT molecular complexity index is 552. The third-order valence-corrected chi connectivity index (χ3v) is 3.76. The molecule has 18 heavy (non-hydrogen) atoms. The highest BCUT2D eigenvalue weighted by molar-refractivity contribution is 5.37. The van der Waals surface area contributed by atoms with Gasteiger partial charge in [0.05, 0.1) is 0 Å². The van der Waals surface area contributed by atoms with Gasteiger partial charge in [-0.15, -0.1) is 0 Å². The Kier molecular flexibility index (Phi) is 2.60. The van der Waals surface area contributed by atoms with E-state index in [9.17, 15) is 5.11 Å². The average Bonchev–Trinajstić information content (AvgIpc) is 3.02. The van der Waals surface area contributed by atoms with Crippen LogP contribution in [0, 0.1) is 0 Å². The van der Waals surface area contributed by atoms with E-state index in [0.717, 1.165) is 18.4 Å². The summed E-state index contributed by atoms with van der Waals surface area (Å²) in [4.78, 5) is 0. The van der Waals surface area contributed by atoms with Crippen LogP contribution in [0.4, 0.5) is 0 Å². The second kappa shape index (κ2) is 4.14. The molecule has 0 spiro atoms. The van der Waals surface area contributed by atoms with Gasteiger partial charge >= 0.3 is 0 Å². The summed E-state index contributed by atoms with van der Waals surface area (Å²) in [5.41, 5.74) is 8.71. The van der Waals surface area contributed by atoms with Crippen LogP contribution >= 0.6 is 0 Å². The summed E-state index contributed by atoms with van der Waals surface area (Å²) >= 11 is 0. The normalized spacial score (nSPS) is 25.9. The van der Waals surface area contributed by atoms with Crippen molar-refractivity contribution in [3.8, 4) is 5.75 Å². The molecule has 0 bridgehead atoms. The summed E-state index contributed by atoms with van der Waals surface area (Å²) in [5.74, 6) is 0.758. The number of benzene rings is 2. The Balaban J connectivity index is 1.75. The zero-order chi connectivity index (χ0) is 12.6. The third-order valence-electron chi connectivity index (χ3n) is 3.76. The molecule has 3 N–H and O–H groups in total. The highest BCUT2D eigenvalue weighted by atomic mass is 16.3. The number of phenols is 1. The third kappa shape index (κ3) is 2.12. The van der Waals surface area contributed by atoms with E-state index in [2.05, 4.69) is 24.3 Å². The summed E-state index contributed by atoms with van der Waals surface area (Å²) < 4.78 is 0. The van der Waals surface area contributed by atoms with Crippen LogP contribution in [0.2, 0.25) is 0 Å². The van der Waals surface area contributed by atoms with Gasteiger partial charge in [-0.05, 0) is 36.1 Å². The Labute approximate surface area is 107 Å². The number of aromatic hydroxyl groups is 1. The van der Waals surface area contributed by atoms with E-state index in [1.54, 1.807) is 12.1 Å². The quantitative estimate of drug-likeness (QED) is 0.865. The zero-order valence-corrected chi connectivity index (χ0v) is 10.2. The largest absolute Gasteiger partial charge is 0.508 e. The van der Waals surface area contributed by atoms with Crippen molar-refractivity contribution < 1.29 is 5.11 Å². The molecule has 1 saturated carbocycles. The molecular formula is C16H17NO. The van der Waals surface area contributed by atoms with Gasteiger partial charge in [0.2, 0.25) is 0 Å².